The minimum atomic E-state index is -3.42. The molecule has 4 aliphatic rings. The fraction of sp³-hybridized carbons (Fsp3) is 0.667. The maximum Gasteiger partial charge on any atom is 0.281 e. The third kappa shape index (κ3) is 2.68. The van der Waals surface area contributed by atoms with Gasteiger partial charge in [0.05, 0.1) is 7.11 Å². The van der Waals surface area contributed by atoms with Crippen LogP contribution >= 0.6 is 0 Å². The van der Waals surface area contributed by atoms with Crippen LogP contribution in [-0.2, 0) is 10.2 Å². The topological polar surface area (TPSA) is 53.1 Å². The highest BCUT2D eigenvalue weighted by Gasteiger charge is 2.56. The summed E-state index contributed by atoms with van der Waals surface area (Å²) in [5.74, 6) is 1.50. The monoisotopic (exact) mass is 365 g/mol. The van der Waals surface area contributed by atoms with Crippen LogP contribution in [0.3, 0.4) is 0 Å². The molecule has 4 saturated heterocycles. The number of piperidine rings is 3. The predicted molar refractivity (Wildman–Crippen MR) is 96.9 cm³/mol. The summed E-state index contributed by atoms with van der Waals surface area (Å²) in [4.78, 5) is 2.51. The van der Waals surface area contributed by atoms with Crippen molar-refractivity contribution in [2.75, 3.05) is 40.8 Å². The fourth-order valence-corrected chi connectivity index (χ4v) is 6.38. The summed E-state index contributed by atoms with van der Waals surface area (Å²) in [5.41, 5.74) is 1.18. The van der Waals surface area contributed by atoms with Crippen molar-refractivity contribution in [1.82, 2.24) is 13.5 Å². The van der Waals surface area contributed by atoms with Crippen molar-refractivity contribution in [3.8, 4) is 5.75 Å². The number of fused-ring (bicyclic) bond motifs is 2. The average molecular weight is 365 g/mol. The van der Waals surface area contributed by atoms with E-state index in [1.54, 1.807) is 25.5 Å². The molecule has 6 nitrogen and oxygen atoms in total. The lowest BCUT2D eigenvalue weighted by Gasteiger charge is -2.51. The molecule has 4 heterocycles. The third-order valence-corrected chi connectivity index (χ3v) is 8.14. The van der Waals surface area contributed by atoms with Gasteiger partial charge in [0.1, 0.15) is 5.75 Å². The molecule has 2 bridgehead atoms. The highest BCUT2D eigenvalue weighted by molar-refractivity contribution is 7.86. The number of nitrogens with zero attached hydrogens (tertiary/aromatic N) is 3. The number of benzene rings is 1. The van der Waals surface area contributed by atoms with Gasteiger partial charge in [0.2, 0.25) is 0 Å². The van der Waals surface area contributed by atoms with E-state index in [-0.39, 0.29) is 18.0 Å². The van der Waals surface area contributed by atoms with Crippen LogP contribution in [0.2, 0.25) is 0 Å². The largest absolute Gasteiger partial charge is 0.497 e. The lowest BCUT2D eigenvalue weighted by molar-refractivity contribution is 0.0114. The molecule has 0 saturated carbocycles. The van der Waals surface area contributed by atoms with E-state index in [1.807, 2.05) is 12.1 Å². The van der Waals surface area contributed by atoms with Gasteiger partial charge >= 0.3 is 0 Å². The second kappa shape index (κ2) is 6.23. The quantitative estimate of drug-likeness (QED) is 0.809. The maximum absolute atomic E-state index is 13.0. The smallest absolute Gasteiger partial charge is 0.281 e. The molecule has 0 unspecified atom stereocenters. The summed E-state index contributed by atoms with van der Waals surface area (Å²) in [6.07, 6.45) is 2.21. The van der Waals surface area contributed by atoms with Crippen LogP contribution in [0.25, 0.3) is 0 Å². The first kappa shape index (κ1) is 17.3. The molecule has 25 heavy (non-hydrogen) atoms. The molecular weight excluding hydrogens is 338 g/mol. The molecule has 4 fully saturated rings. The Balaban J connectivity index is 1.76. The van der Waals surface area contributed by atoms with Crippen LogP contribution < -0.4 is 4.74 Å². The van der Waals surface area contributed by atoms with Gasteiger partial charge < -0.3 is 4.74 Å². The Morgan fingerprint density at radius 2 is 1.88 bits per heavy atom. The first-order chi connectivity index (χ1) is 11.9. The van der Waals surface area contributed by atoms with E-state index in [0.717, 1.165) is 31.7 Å². The van der Waals surface area contributed by atoms with E-state index < -0.39 is 10.2 Å². The molecule has 0 aliphatic carbocycles. The first-order valence-corrected chi connectivity index (χ1v) is 10.4. The molecule has 0 aromatic heterocycles. The van der Waals surface area contributed by atoms with Gasteiger partial charge in [-0.3, -0.25) is 4.90 Å². The van der Waals surface area contributed by atoms with Crippen LogP contribution in [0.15, 0.2) is 24.3 Å². The molecule has 138 valence electrons. The van der Waals surface area contributed by atoms with Crippen LogP contribution in [-0.4, -0.2) is 74.9 Å². The minimum absolute atomic E-state index is 0.0890. The molecule has 0 amide bonds. The van der Waals surface area contributed by atoms with Gasteiger partial charge in [-0.1, -0.05) is 12.1 Å². The lowest BCUT2D eigenvalue weighted by Crippen LogP contribution is -2.61. The van der Waals surface area contributed by atoms with Crippen LogP contribution in [0, 0.1) is 5.92 Å². The van der Waals surface area contributed by atoms with Crippen LogP contribution in [0.5, 0.6) is 5.75 Å². The Kier molecular flexibility index (Phi) is 4.30. The molecule has 5 rings (SSSR count). The number of hydrogen-bond donors (Lipinski definition) is 0. The van der Waals surface area contributed by atoms with E-state index >= 15 is 0 Å². The average Bonchev–Trinajstić information content (AvgIpc) is 3.06. The van der Waals surface area contributed by atoms with Gasteiger partial charge in [-0.25, -0.2) is 0 Å². The standard InChI is InChI=1S/C18H27N3O3S/c1-19(2)25(22,23)21-12-16(14-5-4-6-15(11-14)24-3)18-17(21)13-7-9-20(18)10-8-13/h4-6,11,13,16-18H,7-10,12H2,1-3H3/t16-,17+,18+/m0/s1. The van der Waals surface area contributed by atoms with Crippen molar-refractivity contribution in [1.29, 1.82) is 0 Å². The summed E-state index contributed by atoms with van der Waals surface area (Å²) >= 11 is 0. The molecular formula is C18H27N3O3S. The number of ether oxygens (including phenoxy) is 1. The second-order valence-corrected chi connectivity index (χ2v) is 9.69. The van der Waals surface area contributed by atoms with E-state index in [4.69, 9.17) is 4.74 Å². The van der Waals surface area contributed by atoms with Gasteiger partial charge in [-0.2, -0.15) is 17.0 Å². The van der Waals surface area contributed by atoms with Crippen molar-refractivity contribution in [2.24, 2.45) is 5.92 Å². The SMILES string of the molecule is COc1cccc([C@@H]2CN(S(=O)(=O)N(C)C)[C@@H]3C4CCN(CC4)[C@@H]32)c1. The Hall–Kier alpha value is -1.15. The summed E-state index contributed by atoms with van der Waals surface area (Å²) in [5, 5.41) is 0. The fourth-order valence-electron chi connectivity index (χ4n) is 5.01. The number of methoxy groups -OCH3 is 1. The highest BCUT2D eigenvalue weighted by atomic mass is 32.2. The van der Waals surface area contributed by atoms with Crippen molar-refractivity contribution >= 4 is 10.2 Å². The molecule has 4 aliphatic heterocycles. The molecule has 0 radical (unpaired) electrons. The zero-order chi connectivity index (χ0) is 17.8. The van der Waals surface area contributed by atoms with Gasteiger partial charge in [-0.05, 0) is 49.5 Å². The zero-order valence-corrected chi connectivity index (χ0v) is 15.9. The maximum atomic E-state index is 13.0. The molecule has 7 heteroatoms. The van der Waals surface area contributed by atoms with Gasteiger partial charge in [0, 0.05) is 38.6 Å². The first-order valence-electron chi connectivity index (χ1n) is 9.01. The second-order valence-electron chi connectivity index (χ2n) is 7.60. The Bertz CT molecular complexity index is 744. The summed E-state index contributed by atoms with van der Waals surface area (Å²) in [6, 6.07) is 8.48. The molecule has 0 spiro atoms. The number of hydrogen-bond acceptors (Lipinski definition) is 4. The van der Waals surface area contributed by atoms with Crippen molar-refractivity contribution in [2.45, 2.75) is 30.8 Å². The zero-order valence-electron chi connectivity index (χ0n) is 15.1. The Labute approximate surface area is 150 Å². The highest BCUT2D eigenvalue weighted by Crippen LogP contribution is 2.48. The van der Waals surface area contributed by atoms with Gasteiger partial charge in [0.15, 0.2) is 0 Å². The van der Waals surface area contributed by atoms with Crippen LogP contribution in [0.1, 0.15) is 24.3 Å². The normalized spacial score (nSPS) is 35.1. The van der Waals surface area contributed by atoms with E-state index in [1.165, 1.54) is 9.87 Å². The predicted octanol–water partition coefficient (Wildman–Crippen LogP) is 1.36. The van der Waals surface area contributed by atoms with Gasteiger partial charge in [-0.15, -0.1) is 0 Å². The van der Waals surface area contributed by atoms with Crippen molar-refractivity contribution in [3.05, 3.63) is 29.8 Å². The molecule has 3 atom stereocenters. The summed E-state index contributed by atoms with van der Waals surface area (Å²) in [6.45, 7) is 2.72. The Morgan fingerprint density at radius 3 is 2.52 bits per heavy atom. The van der Waals surface area contributed by atoms with Crippen molar-refractivity contribution < 1.29 is 13.2 Å². The summed E-state index contributed by atoms with van der Waals surface area (Å²) < 4.78 is 34.5. The van der Waals surface area contributed by atoms with Crippen molar-refractivity contribution in [3.63, 3.8) is 0 Å². The van der Waals surface area contributed by atoms with E-state index in [0.29, 0.717) is 12.5 Å². The number of rotatable bonds is 4. The molecule has 1 aromatic rings. The molecule has 0 N–H and O–H groups in total. The lowest BCUT2D eigenvalue weighted by atomic mass is 9.75. The van der Waals surface area contributed by atoms with E-state index in [2.05, 4.69) is 17.0 Å². The van der Waals surface area contributed by atoms with Gasteiger partial charge in [0.25, 0.3) is 10.2 Å². The minimum Gasteiger partial charge on any atom is -0.497 e. The van der Waals surface area contributed by atoms with Crippen LogP contribution in [0.4, 0.5) is 0 Å². The van der Waals surface area contributed by atoms with E-state index in [9.17, 15) is 8.42 Å². The summed E-state index contributed by atoms with van der Waals surface area (Å²) in [7, 11) is 1.51. The molecule has 1 aromatic carbocycles. The third-order valence-electron chi connectivity index (χ3n) is 6.23. The Morgan fingerprint density at radius 1 is 1.16 bits per heavy atom.